The molecule has 1 heterocycles. The van der Waals surface area contributed by atoms with E-state index in [0.717, 1.165) is 23.5 Å². The molecule has 0 bridgehead atoms. The summed E-state index contributed by atoms with van der Waals surface area (Å²) < 4.78 is 6.12. The minimum absolute atomic E-state index is 0.0817. The Bertz CT molecular complexity index is 1100. The Hall–Kier alpha value is -3.57. The van der Waals surface area contributed by atoms with Crippen molar-refractivity contribution in [1.29, 1.82) is 0 Å². The summed E-state index contributed by atoms with van der Waals surface area (Å²) >= 11 is 0. The fourth-order valence-corrected chi connectivity index (χ4v) is 4.50. The molecule has 0 saturated carbocycles. The van der Waals surface area contributed by atoms with Gasteiger partial charge in [-0.3, -0.25) is 0 Å². The van der Waals surface area contributed by atoms with Crippen LogP contribution in [-0.4, -0.2) is 23.7 Å². The first kappa shape index (κ1) is 23.6. The number of anilines is 1. The molecule has 176 valence electrons. The molecule has 0 aromatic heterocycles. The van der Waals surface area contributed by atoms with Gasteiger partial charge in [-0.15, -0.1) is 0 Å². The van der Waals surface area contributed by atoms with Crippen LogP contribution < -0.4 is 5.06 Å². The van der Waals surface area contributed by atoms with Crippen LogP contribution in [0.2, 0.25) is 0 Å². The molecular weight excluding hydrogens is 426 g/mol. The number of aryl methyl sites for hydroxylation is 2. The monoisotopic (exact) mass is 456 g/mol. The average Bonchev–Trinajstić information content (AvgIpc) is 2.85. The van der Waals surface area contributed by atoms with E-state index in [-0.39, 0.29) is 24.2 Å². The normalized spacial score (nSPS) is 15.2. The molecule has 0 saturated heterocycles. The van der Waals surface area contributed by atoms with Crippen molar-refractivity contribution in [2.45, 2.75) is 44.1 Å². The number of benzene rings is 3. The van der Waals surface area contributed by atoms with Crippen LogP contribution in [0, 0.1) is 5.21 Å². The van der Waals surface area contributed by atoms with E-state index in [4.69, 9.17) is 4.74 Å². The molecule has 0 fully saturated rings. The van der Waals surface area contributed by atoms with E-state index in [9.17, 15) is 15.1 Å². The third kappa shape index (κ3) is 5.86. The number of nitrogens with zero attached hydrogens (tertiary/aromatic N) is 1. The fourth-order valence-electron chi connectivity index (χ4n) is 4.50. The van der Waals surface area contributed by atoms with Gasteiger partial charge in [-0.1, -0.05) is 72.8 Å². The number of ether oxygens (including phenoxy) is 1. The molecule has 4 rings (SSSR count). The summed E-state index contributed by atoms with van der Waals surface area (Å²) in [5, 5.41) is 23.4. The van der Waals surface area contributed by atoms with E-state index >= 15 is 0 Å². The number of rotatable bonds is 9. The Kier molecular flexibility index (Phi) is 7.33. The van der Waals surface area contributed by atoms with E-state index in [1.165, 1.54) is 18.2 Å². The van der Waals surface area contributed by atoms with Gasteiger partial charge in [-0.05, 0) is 61.6 Å². The van der Waals surface area contributed by atoms with Crippen LogP contribution in [0.3, 0.4) is 0 Å². The smallest absolute Gasteiger partial charge is 0.338 e. The lowest BCUT2D eigenvalue weighted by Crippen LogP contribution is -2.41. The molecular formula is C29H30NO4-. The lowest BCUT2D eigenvalue weighted by molar-refractivity contribution is -0.160. The molecule has 34 heavy (non-hydrogen) atoms. The summed E-state index contributed by atoms with van der Waals surface area (Å²) in [5.41, 5.74) is 3.12. The van der Waals surface area contributed by atoms with Crippen LogP contribution in [0.25, 0.3) is 0 Å². The molecule has 1 N–H and O–H groups in total. The van der Waals surface area contributed by atoms with Crippen LogP contribution in [0.4, 0.5) is 5.69 Å². The van der Waals surface area contributed by atoms with Crippen LogP contribution >= 0.6 is 0 Å². The van der Waals surface area contributed by atoms with E-state index in [1.807, 2.05) is 42.5 Å². The highest BCUT2D eigenvalue weighted by Crippen LogP contribution is 2.37. The maximum atomic E-state index is 13.2. The second-order valence-corrected chi connectivity index (χ2v) is 8.99. The van der Waals surface area contributed by atoms with Crippen molar-refractivity contribution < 1.29 is 14.6 Å². The van der Waals surface area contributed by atoms with Crippen molar-refractivity contribution in [3.8, 4) is 0 Å². The summed E-state index contributed by atoms with van der Waals surface area (Å²) in [5.74, 6) is -0.399. The molecule has 0 amide bonds. The second kappa shape index (κ2) is 10.6. The molecule has 0 aliphatic carbocycles. The van der Waals surface area contributed by atoms with Crippen molar-refractivity contribution in [2.75, 3.05) is 12.1 Å². The Morgan fingerprint density at radius 1 is 0.882 bits per heavy atom. The van der Waals surface area contributed by atoms with Crippen molar-refractivity contribution in [1.82, 2.24) is 0 Å². The third-order valence-electron chi connectivity index (χ3n) is 6.47. The molecule has 0 radical (unpaired) electrons. The summed E-state index contributed by atoms with van der Waals surface area (Å²) in [6.45, 7) is 0. The van der Waals surface area contributed by atoms with Gasteiger partial charge in [-0.2, -0.15) is 0 Å². The highest BCUT2D eigenvalue weighted by atomic mass is 16.6. The maximum Gasteiger partial charge on any atom is 0.338 e. The highest BCUT2D eigenvalue weighted by molar-refractivity contribution is 5.90. The first-order valence-corrected chi connectivity index (χ1v) is 11.7. The van der Waals surface area contributed by atoms with Gasteiger partial charge in [0, 0.05) is 18.5 Å². The lowest BCUT2D eigenvalue weighted by Gasteiger charge is -2.37. The van der Waals surface area contributed by atoms with Gasteiger partial charge in [0.05, 0.1) is 5.57 Å². The topological polar surface area (TPSA) is 72.8 Å². The number of carbonyl (C=O) groups is 1. The first-order valence-electron chi connectivity index (χ1n) is 11.7. The van der Waals surface area contributed by atoms with Gasteiger partial charge in [-0.25, -0.2) is 4.79 Å². The lowest BCUT2D eigenvalue weighted by atomic mass is 9.82. The number of aliphatic hydroxyl groups excluding tert-OH is 1. The number of hydroxylamine groups is 1. The number of cyclic esters (lactones) is 1. The summed E-state index contributed by atoms with van der Waals surface area (Å²) in [6, 6.07) is 27.3. The summed E-state index contributed by atoms with van der Waals surface area (Å²) in [6.07, 6.45) is 3.27. The van der Waals surface area contributed by atoms with Gasteiger partial charge in [0.25, 0.3) is 0 Å². The fraction of sp³-hybridized carbons (Fsp3) is 0.276. The Morgan fingerprint density at radius 2 is 1.44 bits per heavy atom. The SMILES string of the molecule is CN([O-])c1cccc(CC2=C(O)CC(CCc3ccccc3)(CCc3ccccc3)OC2=O)c1. The van der Waals surface area contributed by atoms with Gasteiger partial charge < -0.3 is 20.1 Å². The molecule has 5 nitrogen and oxygen atoms in total. The van der Waals surface area contributed by atoms with Crippen LogP contribution in [0.5, 0.6) is 0 Å². The number of aliphatic hydroxyl groups is 1. The van der Waals surface area contributed by atoms with E-state index in [1.54, 1.807) is 18.2 Å². The van der Waals surface area contributed by atoms with Gasteiger partial charge in [0.2, 0.25) is 0 Å². The Balaban J connectivity index is 1.56. The minimum Gasteiger partial charge on any atom is -0.758 e. The second-order valence-electron chi connectivity index (χ2n) is 8.99. The van der Waals surface area contributed by atoms with E-state index in [0.29, 0.717) is 18.5 Å². The van der Waals surface area contributed by atoms with E-state index < -0.39 is 11.6 Å². The number of hydrogen-bond donors (Lipinski definition) is 1. The zero-order valence-electron chi connectivity index (χ0n) is 19.4. The minimum atomic E-state index is -0.770. The van der Waals surface area contributed by atoms with Gasteiger partial charge in [0.1, 0.15) is 11.4 Å². The number of carbonyl (C=O) groups excluding carboxylic acids is 1. The molecule has 5 heteroatoms. The molecule has 1 aliphatic rings. The predicted octanol–water partition coefficient (Wildman–Crippen LogP) is 5.93. The number of esters is 1. The van der Waals surface area contributed by atoms with Crippen molar-refractivity contribution in [2.24, 2.45) is 0 Å². The quantitative estimate of drug-likeness (QED) is 0.319. The molecule has 3 aromatic rings. The predicted molar refractivity (Wildman–Crippen MR) is 135 cm³/mol. The van der Waals surface area contributed by atoms with Crippen molar-refractivity contribution in [3.63, 3.8) is 0 Å². The maximum absolute atomic E-state index is 13.2. The molecule has 1 aliphatic heterocycles. The van der Waals surface area contributed by atoms with Crippen molar-refractivity contribution >= 4 is 11.7 Å². The highest BCUT2D eigenvalue weighted by Gasteiger charge is 2.41. The molecule has 0 spiro atoms. The standard InChI is InChI=1S/C29H30NO4/c1-30(33)25-14-8-13-24(19-25)20-26-27(31)21-29(34-28(26)32,17-15-22-9-4-2-5-10-22)18-16-23-11-6-3-7-12-23/h2-14,19,31H,15-18,20-21H2,1H3/q-1. The molecule has 0 atom stereocenters. The van der Waals surface area contributed by atoms with Crippen LogP contribution in [-0.2, 0) is 28.8 Å². The van der Waals surface area contributed by atoms with Gasteiger partial charge in [0.15, 0.2) is 0 Å². The first-order chi connectivity index (χ1) is 16.4. The summed E-state index contributed by atoms with van der Waals surface area (Å²) in [7, 11) is 1.43. The van der Waals surface area contributed by atoms with Crippen LogP contribution in [0.15, 0.2) is 96.3 Å². The largest absolute Gasteiger partial charge is 0.758 e. The summed E-state index contributed by atoms with van der Waals surface area (Å²) in [4.78, 5) is 13.2. The third-order valence-corrected chi connectivity index (χ3v) is 6.47. The molecule has 3 aromatic carbocycles. The Morgan fingerprint density at radius 3 is 1.97 bits per heavy atom. The zero-order valence-corrected chi connectivity index (χ0v) is 19.4. The van der Waals surface area contributed by atoms with Gasteiger partial charge >= 0.3 is 5.97 Å². The van der Waals surface area contributed by atoms with Crippen molar-refractivity contribution in [3.05, 3.63) is 118 Å². The average molecular weight is 457 g/mol. The zero-order chi connectivity index (χ0) is 24.0. The number of hydrogen-bond acceptors (Lipinski definition) is 5. The van der Waals surface area contributed by atoms with Crippen LogP contribution in [0.1, 0.15) is 36.0 Å². The molecule has 0 unspecified atom stereocenters. The van der Waals surface area contributed by atoms with E-state index in [2.05, 4.69) is 24.3 Å². The Labute approximate surface area is 200 Å².